The third-order valence-electron chi connectivity index (χ3n) is 3.72. The molecule has 2 heterocycles. The highest BCUT2D eigenvalue weighted by molar-refractivity contribution is 5.39. The Morgan fingerprint density at radius 3 is 2.76 bits per heavy atom. The number of hydrogen-bond acceptors (Lipinski definition) is 5. The van der Waals surface area contributed by atoms with E-state index in [1.54, 1.807) is 25.7 Å². The minimum Gasteiger partial charge on any atom is -0.493 e. The van der Waals surface area contributed by atoms with Crippen LogP contribution in [0.25, 0.3) is 0 Å². The van der Waals surface area contributed by atoms with Crippen LogP contribution in [0.3, 0.4) is 0 Å². The molecule has 1 aliphatic heterocycles. The van der Waals surface area contributed by atoms with Gasteiger partial charge in [0.25, 0.3) is 0 Å². The lowest BCUT2D eigenvalue weighted by molar-refractivity contribution is 0.134. The Hall–Kier alpha value is -2.14. The summed E-state index contributed by atoms with van der Waals surface area (Å²) in [6, 6.07) is 7.69. The van der Waals surface area contributed by atoms with E-state index in [1.165, 1.54) is 0 Å². The monoisotopic (exact) mass is 285 g/mol. The number of ether oxygens (including phenoxy) is 2. The summed E-state index contributed by atoms with van der Waals surface area (Å²) in [4.78, 5) is 8.59. The van der Waals surface area contributed by atoms with Gasteiger partial charge in [-0.15, -0.1) is 0 Å². The lowest BCUT2D eigenvalue weighted by atomic mass is 9.99. The van der Waals surface area contributed by atoms with Crippen LogP contribution in [0.5, 0.6) is 11.5 Å². The second kappa shape index (κ2) is 6.54. The van der Waals surface area contributed by atoms with Gasteiger partial charge in [0.15, 0.2) is 11.5 Å². The average Bonchev–Trinajstić information content (AvgIpc) is 3.08. The van der Waals surface area contributed by atoms with Crippen molar-refractivity contribution in [2.45, 2.75) is 12.5 Å². The summed E-state index contributed by atoms with van der Waals surface area (Å²) < 4.78 is 11.6. The summed E-state index contributed by atoms with van der Waals surface area (Å²) in [7, 11) is 1.65. The molecule has 0 amide bonds. The second-order valence-electron chi connectivity index (χ2n) is 5.07. The van der Waals surface area contributed by atoms with E-state index < -0.39 is 0 Å². The fraction of sp³-hybridized carbons (Fsp3) is 0.375. The van der Waals surface area contributed by atoms with E-state index in [9.17, 15) is 0 Å². The van der Waals surface area contributed by atoms with Crippen molar-refractivity contribution in [2.24, 2.45) is 5.92 Å². The van der Waals surface area contributed by atoms with Crippen LogP contribution in [-0.4, -0.2) is 30.2 Å². The van der Waals surface area contributed by atoms with Gasteiger partial charge in [-0.2, -0.15) is 0 Å². The molecular formula is C16H19N3O2. The Bertz CT molecular complexity index is 571. The number of hydrogen-bond donors (Lipinski definition) is 1. The molecule has 0 saturated carbocycles. The van der Waals surface area contributed by atoms with Crippen LogP contribution in [0.15, 0.2) is 42.9 Å². The smallest absolute Gasteiger partial charge is 0.162 e. The number of nitrogens with one attached hydrogen (secondary N) is 1. The van der Waals surface area contributed by atoms with Crippen molar-refractivity contribution >= 4 is 0 Å². The van der Waals surface area contributed by atoms with Crippen molar-refractivity contribution < 1.29 is 9.47 Å². The predicted octanol–water partition coefficient (Wildman–Crippen LogP) is 2.21. The summed E-state index contributed by atoms with van der Waals surface area (Å²) in [5.74, 6) is 1.85. The Morgan fingerprint density at radius 2 is 2.10 bits per heavy atom. The van der Waals surface area contributed by atoms with Crippen molar-refractivity contribution in [3.63, 3.8) is 0 Å². The number of aromatic nitrogens is 2. The summed E-state index contributed by atoms with van der Waals surface area (Å²) in [6.45, 7) is 1.94. The van der Waals surface area contributed by atoms with E-state index in [2.05, 4.69) is 15.3 Å². The molecule has 21 heavy (non-hydrogen) atoms. The quantitative estimate of drug-likeness (QED) is 0.913. The van der Waals surface area contributed by atoms with E-state index in [-0.39, 0.29) is 6.10 Å². The zero-order valence-electron chi connectivity index (χ0n) is 12.0. The molecule has 1 aromatic carbocycles. The molecule has 5 heteroatoms. The van der Waals surface area contributed by atoms with Crippen molar-refractivity contribution in [3.05, 3.63) is 48.5 Å². The predicted molar refractivity (Wildman–Crippen MR) is 79.4 cm³/mol. The lowest BCUT2D eigenvalue weighted by Gasteiger charge is -2.24. The summed E-state index contributed by atoms with van der Waals surface area (Å²) in [6.07, 6.45) is 6.10. The van der Waals surface area contributed by atoms with Crippen molar-refractivity contribution in [2.75, 3.05) is 20.2 Å². The third kappa shape index (κ3) is 3.13. The Morgan fingerprint density at radius 1 is 1.24 bits per heavy atom. The van der Waals surface area contributed by atoms with Gasteiger partial charge in [-0.05, 0) is 25.1 Å². The maximum Gasteiger partial charge on any atom is 0.162 e. The molecule has 0 aliphatic carbocycles. The first kappa shape index (κ1) is 13.8. The number of nitrogens with zero attached hydrogens (tertiary/aromatic N) is 2. The van der Waals surface area contributed by atoms with E-state index in [4.69, 9.17) is 9.47 Å². The van der Waals surface area contributed by atoms with Crippen LogP contribution in [-0.2, 0) is 0 Å². The maximum atomic E-state index is 6.24. The molecule has 1 aromatic heterocycles. The molecule has 1 saturated heterocycles. The van der Waals surface area contributed by atoms with Crippen molar-refractivity contribution in [1.29, 1.82) is 0 Å². The van der Waals surface area contributed by atoms with Gasteiger partial charge in [-0.25, -0.2) is 0 Å². The first-order chi connectivity index (χ1) is 10.4. The van der Waals surface area contributed by atoms with Crippen molar-refractivity contribution in [3.8, 4) is 11.5 Å². The summed E-state index contributed by atoms with van der Waals surface area (Å²) >= 11 is 0. The fourth-order valence-electron chi connectivity index (χ4n) is 2.64. The summed E-state index contributed by atoms with van der Waals surface area (Å²) in [5.41, 5.74) is 0.858. The van der Waals surface area contributed by atoms with Crippen LogP contribution in [0.2, 0.25) is 0 Å². The number of para-hydroxylation sites is 2. The van der Waals surface area contributed by atoms with Gasteiger partial charge in [0.2, 0.25) is 0 Å². The number of methoxy groups -OCH3 is 1. The molecule has 1 fully saturated rings. The molecule has 5 nitrogen and oxygen atoms in total. The van der Waals surface area contributed by atoms with Gasteiger partial charge in [0, 0.05) is 24.9 Å². The molecule has 0 radical (unpaired) electrons. The molecule has 2 atom stereocenters. The molecule has 0 bridgehead atoms. The van der Waals surface area contributed by atoms with Gasteiger partial charge in [0.1, 0.15) is 6.10 Å². The SMILES string of the molecule is COc1ccccc1O[C@H](c1cnccn1)[C@H]1CCNC1. The zero-order valence-corrected chi connectivity index (χ0v) is 12.0. The largest absolute Gasteiger partial charge is 0.493 e. The van der Waals surface area contributed by atoms with Gasteiger partial charge in [-0.1, -0.05) is 12.1 Å². The first-order valence-corrected chi connectivity index (χ1v) is 7.15. The van der Waals surface area contributed by atoms with Crippen LogP contribution < -0.4 is 14.8 Å². The Labute approximate surface area is 124 Å². The molecule has 110 valence electrons. The maximum absolute atomic E-state index is 6.24. The van der Waals surface area contributed by atoms with Crippen LogP contribution in [0.1, 0.15) is 18.2 Å². The van der Waals surface area contributed by atoms with Gasteiger partial charge in [-0.3, -0.25) is 9.97 Å². The normalized spacial score (nSPS) is 19.2. The fourth-order valence-corrected chi connectivity index (χ4v) is 2.64. The molecule has 3 rings (SSSR count). The number of rotatable bonds is 5. The van der Waals surface area contributed by atoms with Crippen LogP contribution in [0, 0.1) is 5.92 Å². The minimum absolute atomic E-state index is 0.120. The summed E-state index contributed by atoms with van der Waals surface area (Å²) in [5, 5.41) is 3.38. The standard InChI is InChI=1S/C16H19N3O2/c1-20-14-4-2-3-5-15(14)21-16(12-6-7-17-10-12)13-11-18-8-9-19-13/h2-5,8-9,11-12,16-17H,6-7,10H2,1H3/t12-,16-/m0/s1. The first-order valence-electron chi connectivity index (χ1n) is 7.15. The zero-order chi connectivity index (χ0) is 14.5. The molecular weight excluding hydrogens is 266 g/mol. The van der Waals surface area contributed by atoms with Crippen molar-refractivity contribution in [1.82, 2.24) is 15.3 Å². The second-order valence-corrected chi connectivity index (χ2v) is 5.07. The van der Waals surface area contributed by atoms with Gasteiger partial charge >= 0.3 is 0 Å². The molecule has 2 aromatic rings. The van der Waals surface area contributed by atoms with E-state index >= 15 is 0 Å². The van der Waals surface area contributed by atoms with Gasteiger partial charge < -0.3 is 14.8 Å². The lowest BCUT2D eigenvalue weighted by Crippen LogP contribution is -2.22. The third-order valence-corrected chi connectivity index (χ3v) is 3.72. The van der Waals surface area contributed by atoms with E-state index in [0.717, 1.165) is 36.7 Å². The van der Waals surface area contributed by atoms with E-state index in [1.807, 2.05) is 24.3 Å². The molecule has 0 spiro atoms. The molecule has 0 unspecified atom stereocenters. The van der Waals surface area contributed by atoms with E-state index in [0.29, 0.717) is 5.92 Å². The van der Waals surface area contributed by atoms with Crippen LogP contribution in [0.4, 0.5) is 0 Å². The topological polar surface area (TPSA) is 56.3 Å². The molecule has 1 N–H and O–H groups in total. The highest BCUT2D eigenvalue weighted by Crippen LogP contribution is 2.35. The Balaban J connectivity index is 1.88. The highest BCUT2D eigenvalue weighted by Gasteiger charge is 2.29. The van der Waals surface area contributed by atoms with Gasteiger partial charge in [0.05, 0.1) is 19.0 Å². The Kier molecular flexibility index (Phi) is 4.31. The average molecular weight is 285 g/mol. The number of benzene rings is 1. The highest BCUT2D eigenvalue weighted by atomic mass is 16.5. The van der Waals surface area contributed by atoms with Crippen LogP contribution >= 0.6 is 0 Å². The molecule has 1 aliphatic rings. The minimum atomic E-state index is -0.120.